The number of aromatic nitrogens is 2. The van der Waals surface area contributed by atoms with E-state index in [-0.39, 0.29) is 17.5 Å². The highest BCUT2D eigenvalue weighted by Crippen LogP contribution is 2.18. The minimum atomic E-state index is -2.91. The van der Waals surface area contributed by atoms with Gasteiger partial charge in [-0.2, -0.15) is 4.98 Å². The smallest absolute Gasteiger partial charge is 0.224 e. The van der Waals surface area contributed by atoms with Gasteiger partial charge in [-0.3, -0.25) is 0 Å². The van der Waals surface area contributed by atoms with Crippen molar-refractivity contribution in [2.24, 2.45) is 0 Å². The normalized spacial score (nSPS) is 18.7. The van der Waals surface area contributed by atoms with Gasteiger partial charge in [-0.25, -0.2) is 13.4 Å². The van der Waals surface area contributed by atoms with Crippen molar-refractivity contribution in [3.63, 3.8) is 0 Å². The molecule has 1 atom stereocenters. The second-order valence-corrected chi connectivity index (χ2v) is 8.23. The molecule has 25 heavy (non-hydrogen) atoms. The summed E-state index contributed by atoms with van der Waals surface area (Å²) in [5.74, 6) is 2.41. The summed E-state index contributed by atoms with van der Waals surface area (Å²) in [6.07, 6.45) is 3.05. The van der Waals surface area contributed by atoms with Crippen molar-refractivity contribution >= 4 is 21.6 Å². The lowest BCUT2D eigenvalue weighted by molar-refractivity contribution is 0.410. The van der Waals surface area contributed by atoms with Crippen molar-refractivity contribution in [2.45, 2.75) is 18.9 Å². The first-order valence-corrected chi connectivity index (χ1v) is 10.0. The van der Waals surface area contributed by atoms with Crippen LogP contribution in [0.15, 0.2) is 36.5 Å². The molecule has 0 amide bonds. The van der Waals surface area contributed by atoms with Crippen LogP contribution in [0, 0.1) is 0 Å². The molecule has 2 heterocycles. The zero-order valence-corrected chi connectivity index (χ0v) is 14.9. The molecule has 1 aromatic carbocycles. The third kappa shape index (κ3) is 4.82. The fraction of sp³-hybridized carbons (Fsp3) is 0.412. The highest BCUT2D eigenvalue weighted by Gasteiger charge is 2.27. The Morgan fingerprint density at radius 1 is 1.28 bits per heavy atom. The summed E-state index contributed by atoms with van der Waals surface area (Å²) in [6.45, 7) is 0.668. The third-order valence-electron chi connectivity index (χ3n) is 4.11. The van der Waals surface area contributed by atoms with Gasteiger partial charge < -0.3 is 15.4 Å². The first-order valence-electron chi connectivity index (χ1n) is 8.21. The van der Waals surface area contributed by atoms with E-state index in [1.54, 1.807) is 19.4 Å². The number of benzene rings is 1. The first kappa shape index (κ1) is 17.5. The summed E-state index contributed by atoms with van der Waals surface area (Å²) in [6, 6.07) is 9.55. The van der Waals surface area contributed by atoms with Crippen LogP contribution in [0.3, 0.4) is 0 Å². The molecule has 1 unspecified atom stereocenters. The van der Waals surface area contributed by atoms with E-state index in [1.165, 1.54) is 0 Å². The summed E-state index contributed by atoms with van der Waals surface area (Å²) in [5, 5.41) is 6.36. The minimum Gasteiger partial charge on any atom is -0.496 e. The molecule has 0 saturated carbocycles. The van der Waals surface area contributed by atoms with Gasteiger partial charge in [-0.1, -0.05) is 18.2 Å². The Labute approximate surface area is 147 Å². The van der Waals surface area contributed by atoms with Crippen LogP contribution < -0.4 is 15.4 Å². The number of hydrogen-bond acceptors (Lipinski definition) is 7. The summed E-state index contributed by atoms with van der Waals surface area (Å²) in [7, 11) is -1.25. The monoisotopic (exact) mass is 362 g/mol. The minimum absolute atomic E-state index is 0.0821. The predicted octanol–water partition coefficient (Wildman–Crippen LogP) is 1.74. The summed E-state index contributed by atoms with van der Waals surface area (Å²) in [5.41, 5.74) is 1.11. The van der Waals surface area contributed by atoms with E-state index >= 15 is 0 Å². The topological polar surface area (TPSA) is 93.2 Å². The van der Waals surface area contributed by atoms with Crippen LogP contribution in [0.25, 0.3) is 0 Å². The van der Waals surface area contributed by atoms with E-state index in [0.29, 0.717) is 24.7 Å². The van der Waals surface area contributed by atoms with Gasteiger partial charge in [0.25, 0.3) is 0 Å². The van der Waals surface area contributed by atoms with Crippen LogP contribution in [0.1, 0.15) is 12.0 Å². The number of rotatable bonds is 7. The largest absolute Gasteiger partial charge is 0.496 e. The molecule has 1 fully saturated rings. The van der Waals surface area contributed by atoms with Gasteiger partial charge in [-0.15, -0.1) is 0 Å². The molecule has 8 heteroatoms. The van der Waals surface area contributed by atoms with Crippen molar-refractivity contribution in [3.05, 3.63) is 42.1 Å². The molecule has 0 radical (unpaired) electrons. The molecule has 7 nitrogen and oxygen atoms in total. The standard InChI is InChI=1S/C17H22N4O3S/c1-24-15-5-3-2-4-13(15)6-9-18-17-19-10-7-16(21-17)20-14-8-11-25(22,23)12-14/h2-5,7,10,14H,6,8-9,11-12H2,1H3,(H2,18,19,20,21). The molecular weight excluding hydrogens is 340 g/mol. The number of anilines is 2. The van der Waals surface area contributed by atoms with E-state index in [0.717, 1.165) is 17.7 Å². The van der Waals surface area contributed by atoms with Crippen LogP contribution >= 0.6 is 0 Å². The number of nitrogens with one attached hydrogen (secondary N) is 2. The van der Waals surface area contributed by atoms with Crippen molar-refractivity contribution < 1.29 is 13.2 Å². The summed E-state index contributed by atoms with van der Waals surface area (Å²) in [4.78, 5) is 8.60. The van der Waals surface area contributed by atoms with Crippen LogP contribution in [0.4, 0.5) is 11.8 Å². The molecule has 0 bridgehead atoms. The van der Waals surface area contributed by atoms with Crippen LogP contribution in [0.5, 0.6) is 5.75 Å². The van der Waals surface area contributed by atoms with Crippen molar-refractivity contribution in [1.82, 2.24) is 9.97 Å². The lowest BCUT2D eigenvalue weighted by Gasteiger charge is -2.13. The predicted molar refractivity (Wildman–Crippen MR) is 97.9 cm³/mol. The second-order valence-electron chi connectivity index (χ2n) is 6.00. The average Bonchev–Trinajstić information content (AvgIpc) is 2.94. The highest BCUT2D eigenvalue weighted by molar-refractivity contribution is 7.91. The summed E-state index contributed by atoms with van der Waals surface area (Å²) < 4.78 is 28.4. The summed E-state index contributed by atoms with van der Waals surface area (Å²) >= 11 is 0. The molecule has 0 spiro atoms. The fourth-order valence-electron chi connectivity index (χ4n) is 2.86. The maximum absolute atomic E-state index is 11.5. The zero-order chi connectivity index (χ0) is 17.7. The molecule has 0 aliphatic carbocycles. The van der Waals surface area contributed by atoms with E-state index in [2.05, 4.69) is 20.6 Å². The molecule has 2 aromatic rings. The highest BCUT2D eigenvalue weighted by atomic mass is 32.2. The maximum Gasteiger partial charge on any atom is 0.224 e. The van der Waals surface area contributed by atoms with E-state index < -0.39 is 9.84 Å². The Balaban J connectivity index is 1.55. The van der Waals surface area contributed by atoms with Gasteiger partial charge in [0.05, 0.1) is 18.6 Å². The van der Waals surface area contributed by atoms with E-state index in [9.17, 15) is 8.42 Å². The van der Waals surface area contributed by atoms with Gasteiger partial charge >= 0.3 is 0 Å². The number of para-hydroxylation sites is 1. The van der Waals surface area contributed by atoms with E-state index in [1.807, 2.05) is 24.3 Å². The number of methoxy groups -OCH3 is 1. The Morgan fingerprint density at radius 3 is 2.88 bits per heavy atom. The lowest BCUT2D eigenvalue weighted by atomic mass is 10.1. The van der Waals surface area contributed by atoms with Crippen LogP contribution in [-0.4, -0.2) is 49.6 Å². The Kier molecular flexibility index (Phi) is 5.37. The molecular formula is C17H22N4O3S. The van der Waals surface area contributed by atoms with Gasteiger partial charge in [0, 0.05) is 18.8 Å². The molecule has 1 aliphatic rings. The van der Waals surface area contributed by atoms with Crippen molar-refractivity contribution in [2.75, 3.05) is 35.8 Å². The SMILES string of the molecule is COc1ccccc1CCNc1nccc(NC2CCS(=O)(=O)C2)n1. The Hall–Kier alpha value is -2.35. The molecule has 2 N–H and O–H groups in total. The fourth-order valence-corrected chi connectivity index (χ4v) is 4.53. The number of nitrogens with zero attached hydrogens (tertiary/aromatic N) is 2. The third-order valence-corrected chi connectivity index (χ3v) is 5.88. The molecule has 1 saturated heterocycles. The van der Waals surface area contributed by atoms with Gasteiger partial charge in [-0.05, 0) is 30.5 Å². The molecule has 134 valence electrons. The van der Waals surface area contributed by atoms with Crippen LogP contribution in [-0.2, 0) is 16.3 Å². The van der Waals surface area contributed by atoms with Crippen molar-refractivity contribution in [1.29, 1.82) is 0 Å². The number of sulfone groups is 1. The lowest BCUT2D eigenvalue weighted by Crippen LogP contribution is -2.21. The van der Waals surface area contributed by atoms with Gasteiger partial charge in [0.2, 0.25) is 5.95 Å². The van der Waals surface area contributed by atoms with Gasteiger partial charge in [0.1, 0.15) is 11.6 Å². The molecule has 1 aliphatic heterocycles. The molecule has 1 aromatic heterocycles. The number of ether oxygens (including phenoxy) is 1. The Bertz CT molecular complexity index is 826. The molecule has 3 rings (SSSR count). The average molecular weight is 362 g/mol. The Morgan fingerprint density at radius 2 is 2.12 bits per heavy atom. The second kappa shape index (κ2) is 7.69. The van der Waals surface area contributed by atoms with Crippen molar-refractivity contribution in [3.8, 4) is 5.75 Å². The van der Waals surface area contributed by atoms with Gasteiger partial charge in [0.15, 0.2) is 9.84 Å². The quantitative estimate of drug-likeness (QED) is 0.775. The van der Waals surface area contributed by atoms with Crippen LogP contribution in [0.2, 0.25) is 0 Å². The zero-order valence-electron chi connectivity index (χ0n) is 14.1. The van der Waals surface area contributed by atoms with E-state index in [4.69, 9.17) is 4.74 Å². The number of hydrogen-bond donors (Lipinski definition) is 2. The first-order chi connectivity index (χ1) is 12.1. The maximum atomic E-state index is 11.5.